The molecule has 0 aliphatic heterocycles. The van der Waals surface area contributed by atoms with Crippen molar-refractivity contribution in [2.45, 2.75) is 0 Å². The maximum atomic E-state index is 12.7. The van der Waals surface area contributed by atoms with E-state index in [2.05, 4.69) is 17.4 Å². The van der Waals surface area contributed by atoms with E-state index in [-0.39, 0.29) is 11.8 Å². The van der Waals surface area contributed by atoms with Gasteiger partial charge in [-0.2, -0.15) is 0 Å². The SMILES string of the molecule is COc1ccc(NC(=O)c2ccc(Cl)c(-c3ccc(-c4ccccc4)cc3)c2)c[n+]1[O-]. The fourth-order valence-corrected chi connectivity index (χ4v) is 3.49. The van der Waals surface area contributed by atoms with Crippen LogP contribution in [-0.4, -0.2) is 13.0 Å². The monoisotopic (exact) mass is 430 g/mol. The number of ether oxygens (including phenoxy) is 1. The van der Waals surface area contributed by atoms with Crippen molar-refractivity contribution >= 4 is 23.2 Å². The molecule has 0 unspecified atom stereocenters. The number of anilines is 1. The van der Waals surface area contributed by atoms with Crippen molar-refractivity contribution in [1.82, 2.24) is 0 Å². The quantitative estimate of drug-likeness (QED) is 0.332. The van der Waals surface area contributed by atoms with Crippen molar-refractivity contribution in [2.24, 2.45) is 0 Å². The molecule has 0 aliphatic carbocycles. The number of hydrogen-bond donors (Lipinski definition) is 1. The molecule has 0 saturated heterocycles. The number of amides is 1. The van der Waals surface area contributed by atoms with Crippen LogP contribution in [0, 0.1) is 5.21 Å². The molecule has 0 atom stereocenters. The first-order valence-electron chi connectivity index (χ1n) is 9.59. The summed E-state index contributed by atoms with van der Waals surface area (Å²) in [7, 11) is 1.41. The van der Waals surface area contributed by atoms with E-state index in [0.29, 0.717) is 21.0 Å². The van der Waals surface area contributed by atoms with E-state index in [0.717, 1.165) is 22.3 Å². The first kappa shape index (κ1) is 20.4. The zero-order valence-corrected chi connectivity index (χ0v) is 17.5. The van der Waals surface area contributed by atoms with Crippen molar-refractivity contribution in [1.29, 1.82) is 0 Å². The molecule has 4 aromatic rings. The third-order valence-electron chi connectivity index (χ3n) is 4.88. The normalized spacial score (nSPS) is 10.5. The zero-order valence-electron chi connectivity index (χ0n) is 16.7. The summed E-state index contributed by atoms with van der Waals surface area (Å²) in [4.78, 5) is 12.7. The Balaban J connectivity index is 1.58. The van der Waals surface area contributed by atoms with Crippen LogP contribution in [0.2, 0.25) is 5.02 Å². The van der Waals surface area contributed by atoms with Gasteiger partial charge >= 0.3 is 5.88 Å². The predicted octanol–water partition coefficient (Wildman–Crippen LogP) is 5.57. The van der Waals surface area contributed by atoms with E-state index in [1.54, 1.807) is 24.3 Å². The molecule has 5 nitrogen and oxygen atoms in total. The molecule has 6 heteroatoms. The fourth-order valence-electron chi connectivity index (χ4n) is 3.26. The Bertz CT molecular complexity index is 1230. The standard InChI is InChI=1S/C25H19ClN2O3/c1-31-24-14-12-21(16-28(24)30)27-25(29)20-11-13-23(26)22(15-20)19-9-7-18(8-10-19)17-5-3-2-4-6-17/h2-16H,1H3,(H,27,29). The lowest BCUT2D eigenvalue weighted by Crippen LogP contribution is -2.28. The number of hydrogen-bond acceptors (Lipinski definition) is 3. The van der Waals surface area contributed by atoms with Gasteiger partial charge in [0.1, 0.15) is 5.69 Å². The van der Waals surface area contributed by atoms with Crippen LogP contribution in [0.5, 0.6) is 5.88 Å². The Morgan fingerprint density at radius 2 is 1.58 bits per heavy atom. The van der Waals surface area contributed by atoms with Gasteiger partial charge in [-0.3, -0.25) is 4.79 Å². The number of carbonyl (C=O) groups excluding carboxylic acids is 1. The molecule has 4 rings (SSSR count). The molecular weight excluding hydrogens is 412 g/mol. The molecule has 0 saturated carbocycles. The molecule has 1 aromatic heterocycles. The van der Waals surface area contributed by atoms with Gasteiger partial charge in [-0.25, -0.2) is 0 Å². The summed E-state index contributed by atoms with van der Waals surface area (Å²) in [5, 5.41) is 15.1. The average Bonchev–Trinajstić information content (AvgIpc) is 2.80. The van der Waals surface area contributed by atoms with E-state index in [1.807, 2.05) is 42.5 Å². The summed E-state index contributed by atoms with van der Waals surface area (Å²) in [5.74, 6) is -0.199. The largest absolute Gasteiger partial charge is 0.616 e. The van der Waals surface area contributed by atoms with Crippen molar-refractivity contribution in [3.63, 3.8) is 0 Å². The lowest BCUT2D eigenvalue weighted by atomic mass is 9.99. The van der Waals surface area contributed by atoms with Gasteiger partial charge in [-0.05, 0) is 41.0 Å². The van der Waals surface area contributed by atoms with Crippen LogP contribution in [0.4, 0.5) is 5.69 Å². The maximum absolute atomic E-state index is 12.7. The average molecular weight is 431 g/mol. The minimum Gasteiger partial charge on any atom is -0.616 e. The highest BCUT2D eigenvalue weighted by atomic mass is 35.5. The van der Waals surface area contributed by atoms with Crippen molar-refractivity contribution in [3.05, 3.63) is 107 Å². The van der Waals surface area contributed by atoms with Crippen molar-refractivity contribution in [2.75, 3.05) is 12.4 Å². The highest BCUT2D eigenvalue weighted by molar-refractivity contribution is 6.33. The van der Waals surface area contributed by atoms with Crippen molar-refractivity contribution < 1.29 is 14.3 Å². The number of aromatic nitrogens is 1. The van der Waals surface area contributed by atoms with Gasteiger partial charge in [0.05, 0.1) is 13.2 Å². The van der Waals surface area contributed by atoms with Crippen LogP contribution in [0.25, 0.3) is 22.3 Å². The summed E-state index contributed by atoms with van der Waals surface area (Å²) in [6.07, 6.45) is 1.25. The molecule has 31 heavy (non-hydrogen) atoms. The van der Waals surface area contributed by atoms with Crippen LogP contribution in [0.1, 0.15) is 10.4 Å². The van der Waals surface area contributed by atoms with Crippen LogP contribution >= 0.6 is 11.6 Å². The van der Waals surface area contributed by atoms with Gasteiger partial charge in [-0.15, -0.1) is 4.73 Å². The first-order chi connectivity index (χ1) is 15.0. The molecule has 1 N–H and O–H groups in total. The molecule has 0 fully saturated rings. The van der Waals surface area contributed by atoms with Gasteiger partial charge in [0, 0.05) is 16.1 Å². The van der Waals surface area contributed by atoms with Crippen LogP contribution in [0.15, 0.2) is 91.1 Å². The lowest BCUT2D eigenvalue weighted by molar-refractivity contribution is -0.611. The molecule has 1 heterocycles. The maximum Gasteiger partial charge on any atom is 0.379 e. The molecule has 0 aliphatic rings. The molecule has 3 aromatic carbocycles. The first-order valence-corrected chi connectivity index (χ1v) is 9.97. The van der Waals surface area contributed by atoms with Crippen LogP contribution in [0.3, 0.4) is 0 Å². The minimum absolute atomic E-state index is 0.144. The van der Waals surface area contributed by atoms with Crippen LogP contribution < -0.4 is 14.8 Å². The smallest absolute Gasteiger partial charge is 0.379 e. The Labute approximate surface area is 185 Å². The number of nitrogens with one attached hydrogen (secondary N) is 1. The van der Waals surface area contributed by atoms with Gasteiger partial charge in [-0.1, -0.05) is 66.2 Å². The van der Waals surface area contributed by atoms with E-state index in [1.165, 1.54) is 19.4 Å². The summed E-state index contributed by atoms with van der Waals surface area (Å²) >= 11 is 6.42. The van der Waals surface area contributed by atoms with Gasteiger partial charge < -0.3 is 15.3 Å². The Morgan fingerprint density at radius 3 is 2.26 bits per heavy atom. The van der Waals surface area contributed by atoms with E-state index in [4.69, 9.17) is 16.3 Å². The number of rotatable bonds is 5. The Hall–Kier alpha value is -3.83. The number of carbonyl (C=O) groups is 1. The second kappa shape index (κ2) is 8.90. The molecule has 0 bridgehead atoms. The number of pyridine rings is 1. The predicted molar refractivity (Wildman–Crippen MR) is 122 cm³/mol. The summed E-state index contributed by atoms with van der Waals surface area (Å²) in [6, 6.07) is 26.3. The third kappa shape index (κ3) is 4.52. The summed E-state index contributed by atoms with van der Waals surface area (Å²) in [6.45, 7) is 0. The van der Waals surface area contributed by atoms with Crippen molar-refractivity contribution in [3.8, 4) is 28.1 Å². The van der Waals surface area contributed by atoms with Gasteiger partial charge in [0.15, 0.2) is 0 Å². The summed E-state index contributed by atoms with van der Waals surface area (Å²) in [5.41, 5.74) is 4.68. The number of halogens is 1. The minimum atomic E-state index is -0.344. The van der Waals surface area contributed by atoms with Gasteiger partial charge in [0.25, 0.3) is 5.91 Å². The molecule has 0 spiro atoms. The second-order valence-corrected chi connectivity index (χ2v) is 7.29. The van der Waals surface area contributed by atoms with E-state index >= 15 is 0 Å². The number of nitrogens with zero attached hydrogens (tertiary/aromatic N) is 1. The fraction of sp³-hybridized carbons (Fsp3) is 0.0400. The van der Waals surface area contributed by atoms with E-state index < -0.39 is 0 Å². The van der Waals surface area contributed by atoms with Gasteiger partial charge in [0.2, 0.25) is 6.20 Å². The Morgan fingerprint density at radius 1 is 0.903 bits per heavy atom. The number of benzene rings is 3. The molecule has 1 amide bonds. The number of methoxy groups -OCH3 is 1. The second-order valence-electron chi connectivity index (χ2n) is 6.88. The highest BCUT2D eigenvalue weighted by Gasteiger charge is 2.13. The van der Waals surface area contributed by atoms with Crippen LogP contribution in [-0.2, 0) is 0 Å². The lowest BCUT2D eigenvalue weighted by Gasteiger charge is -2.10. The summed E-state index contributed by atoms with van der Waals surface area (Å²) < 4.78 is 5.48. The molecular formula is C25H19ClN2O3. The zero-order chi connectivity index (χ0) is 21.8. The van der Waals surface area contributed by atoms with E-state index in [9.17, 15) is 10.0 Å². The molecule has 154 valence electrons. The third-order valence-corrected chi connectivity index (χ3v) is 5.21. The Kier molecular flexibility index (Phi) is 5.87. The molecule has 0 radical (unpaired) electrons. The topological polar surface area (TPSA) is 65.3 Å². The highest BCUT2D eigenvalue weighted by Crippen LogP contribution is 2.31.